The SMILES string of the molecule is CNc1cc(C)ccc1C(=O)NCCC(N)=O. The van der Waals surface area contributed by atoms with Gasteiger partial charge in [0.2, 0.25) is 5.91 Å². The summed E-state index contributed by atoms with van der Waals surface area (Å²) >= 11 is 0. The Bertz CT molecular complexity index is 430. The Morgan fingerprint density at radius 2 is 2.06 bits per heavy atom. The molecule has 0 aliphatic heterocycles. The number of amides is 2. The minimum absolute atomic E-state index is 0.145. The van der Waals surface area contributed by atoms with E-state index in [0.717, 1.165) is 11.3 Å². The van der Waals surface area contributed by atoms with Gasteiger partial charge in [-0.1, -0.05) is 6.07 Å². The van der Waals surface area contributed by atoms with Crippen LogP contribution in [0.15, 0.2) is 18.2 Å². The Balaban J connectivity index is 2.71. The van der Waals surface area contributed by atoms with E-state index < -0.39 is 5.91 Å². The van der Waals surface area contributed by atoms with E-state index in [1.807, 2.05) is 19.1 Å². The topological polar surface area (TPSA) is 84.2 Å². The molecule has 0 atom stereocenters. The Hall–Kier alpha value is -2.04. The van der Waals surface area contributed by atoms with E-state index >= 15 is 0 Å². The molecule has 1 aromatic carbocycles. The molecule has 0 fully saturated rings. The summed E-state index contributed by atoms with van der Waals surface area (Å²) in [4.78, 5) is 22.4. The average molecular weight is 235 g/mol. The van der Waals surface area contributed by atoms with Crippen LogP contribution in [0.2, 0.25) is 0 Å². The predicted octanol–water partition coefficient (Wildman–Crippen LogP) is 0.642. The van der Waals surface area contributed by atoms with Gasteiger partial charge >= 0.3 is 0 Å². The average Bonchev–Trinajstić information content (AvgIpc) is 2.28. The molecule has 0 aliphatic carbocycles. The van der Waals surface area contributed by atoms with E-state index in [-0.39, 0.29) is 18.9 Å². The minimum atomic E-state index is -0.428. The minimum Gasteiger partial charge on any atom is -0.387 e. The van der Waals surface area contributed by atoms with Gasteiger partial charge in [0.05, 0.1) is 5.56 Å². The smallest absolute Gasteiger partial charge is 0.253 e. The van der Waals surface area contributed by atoms with E-state index in [1.54, 1.807) is 13.1 Å². The van der Waals surface area contributed by atoms with Crippen LogP contribution in [0.3, 0.4) is 0 Å². The number of aryl methyl sites for hydroxylation is 1. The highest BCUT2D eigenvalue weighted by atomic mass is 16.2. The molecule has 17 heavy (non-hydrogen) atoms. The lowest BCUT2D eigenvalue weighted by atomic mass is 10.1. The molecule has 0 saturated heterocycles. The monoisotopic (exact) mass is 235 g/mol. The van der Waals surface area contributed by atoms with Gasteiger partial charge in [0, 0.05) is 25.7 Å². The standard InChI is InChI=1S/C12H17N3O2/c1-8-3-4-9(10(7-8)14-2)12(17)15-6-5-11(13)16/h3-4,7,14H,5-6H2,1-2H3,(H2,13,16)(H,15,17). The van der Waals surface area contributed by atoms with Crippen molar-refractivity contribution in [2.24, 2.45) is 5.73 Å². The molecule has 0 bridgehead atoms. The highest BCUT2D eigenvalue weighted by Crippen LogP contribution is 2.16. The third-order valence-corrected chi connectivity index (χ3v) is 2.35. The lowest BCUT2D eigenvalue weighted by Gasteiger charge is -2.10. The van der Waals surface area contributed by atoms with Gasteiger partial charge in [0.15, 0.2) is 0 Å². The number of benzene rings is 1. The molecule has 0 spiro atoms. The van der Waals surface area contributed by atoms with Crippen LogP contribution in [-0.2, 0) is 4.79 Å². The Labute approximate surface area is 100 Å². The Morgan fingerprint density at radius 1 is 1.35 bits per heavy atom. The summed E-state index contributed by atoms with van der Waals surface area (Å²) in [5.74, 6) is -0.640. The van der Waals surface area contributed by atoms with E-state index in [4.69, 9.17) is 5.73 Å². The van der Waals surface area contributed by atoms with Crippen molar-refractivity contribution in [3.05, 3.63) is 29.3 Å². The molecule has 1 rings (SSSR count). The van der Waals surface area contributed by atoms with Crippen molar-refractivity contribution in [1.82, 2.24) is 5.32 Å². The van der Waals surface area contributed by atoms with Crippen LogP contribution in [-0.4, -0.2) is 25.4 Å². The van der Waals surface area contributed by atoms with Gasteiger partial charge in [-0.25, -0.2) is 0 Å². The van der Waals surface area contributed by atoms with Crippen molar-refractivity contribution < 1.29 is 9.59 Å². The number of nitrogens with one attached hydrogen (secondary N) is 2. The number of rotatable bonds is 5. The van der Waals surface area contributed by atoms with Crippen molar-refractivity contribution in [3.8, 4) is 0 Å². The molecular weight excluding hydrogens is 218 g/mol. The van der Waals surface area contributed by atoms with Gasteiger partial charge < -0.3 is 16.4 Å². The molecule has 0 aliphatic rings. The maximum absolute atomic E-state index is 11.8. The van der Waals surface area contributed by atoms with Gasteiger partial charge in [-0.3, -0.25) is 9.59 Å². The van der Waals surface area contributed by atoms with E-state index in [0.29, 0.717) is 5.56 Å². The van der Waals surface area contributed by atoms with Gasteiger partial charge in [-0.2, -0.15) is 0 Å². The molecule has 5 heteroatoms. The molecule has 0 unspecified atom stereocenters. The van der Waals surface area contributed by atoms with Crippen molar-refractivity contribution in [1.29, 1.82) is 0 Å². The summed E-state index contributed by atoms with van der Waals surface area (Å²) in [5.41, 5.74) is 7.39. The molecule has 0 radical (unpaired) electrons. The molecule has 0 saturated carbocycles. The summed E-state index contributed by atoms with van der Waals surface area (Å²) < 4.78 is 0. The number of anilines is 1. The summed E-state index contributed by atoms with van der Waals surface area (Å²) in [6.45, 7) is 2.21. The highest BCUT2D eigenvalue weighted by molar-refractivity contribution is 5.99. The predicted molar refractivity (Wildman–Crippen MR) is 66.9 cm³/mol. The summed E-state index contributed by atoms with van der Waals surface area (Å²) in [6, 6.07) is 5.51. The maximum Gasteiger partial charge on any atom is 0.253 e. The number of carbonyl (C=O) groups excluding carboxylic acids is 2. The van der Waals surface area contributed by atoms with Crippen LogP contribution in [0.5, 0.6) is 0 Å². The summed E-state index contributed by atoms with van der Waals surface area (Å²) in [6.07, 6.45) is 0.145. The molecule has 2 amide bonds. The number of primary amides is 1. The van der Waals surface area contributed by atoms with Crippen LogP contribution < -0.4 is 16.4 Å². The van der Waals surface area contributed by atoms with Crippen LogP contribution in [0.1, 0.15) is 22.3 Å². The highest BCUT2D eigenvalue weighted by Gasteiger charge is 2.10. The molecular formula is C12H17N3O2. The first kappa shape index (κ1) is 13.0. The fourth-order valence-corrected chi connectivity index (χ4v) is 1.46. The molecule has 5 nitrogen and oxygen atoms in total. The fraction of sp³-hybridized carbons (Fsp3) is 0.333. The second-order valence-corrected chi connectivity index (χ2v) is 3.77. The molecule has 1 aromatic rings. The molecule has 0 aromatic heterocycles. The van der Waals surface area contributed by atoms with Gasteiger partial charge in [-0.05, 0) is 24.6 Å². The van der Waals surface area contributed by atoms with Crippen LogP contribution in [0, 0.1) is 6.92 Å². The van der Waals surface area contributed by atoms with E-state index in [9.17, 15) is 9.59 Å². The van der Waals surface area contributed by atoms with Crippen LogP contribution in [0.25, 0.3) is 0 Å². The second kappa shape index (κ2) is 5.89. The zero-order chi connectivity index (χ0) is 12.8. The van der Waals surface area contributed by atoms with Gasteiger partial charge in [-0.15, -0.1) is 0 Å². The van der Waals surface area contributed by atoms with Crippen LogP contribution >= 0.6 is 0 Å². The fourth-order valence-electron chi connectivity index (χ4n) is 1.46. The summed E-state index contributed by atoms with van der Waals surface area (Å²) in [7, 11) is 1.76. The third-order valence-electron chi connectivity index (χ3n) is 2.35. The zero-order valence-electron chi connectivity index (χ0n) is 10.0. The van der Waals surface area contributed by atoms with Crippen molar-refractivity contribution in [2.75, 3.05) is 18.9 Å². The van der Waals surface area contributed by atoms with Gasteiger partial charge in [0.1, 0.15) is 0 Å². The lowest BCUT2D eigenvalue weighted by molar-refractivity contribution is -0.117. The maximum atomic E-state index is 11.8. The molecule has 0 heterocycles. The van der Waals surface area contributed by atoms with Gasteiger partial charge in [0.25, 0.3) is 5.91 Å². The molecule has 4 N–H and O–H groups in total. The first-order valence-corrected chi connectivity index (χ1v) is 5.39. The van der Waals surface area contributed by atoms with E-state index in [2.05, 4.69) is 10.6 Å². The van der Waals surface area contributed by atoms with Crippen molar-refractivity contribution in [3.63, 3.8) is 0 Å². The lowest BCUT2D eigenvalue weighted by Crippen LogP contribution is -2.28. The first-order valence-electron chi connectivity index (χ1n) is 5.39. The largest absolute Gasteiger partial charge is 0.387 e. The molecule has 92 valence electrons. The second-order valence-electron chi connectivity index (χ2n) is 3.77. The first-order chi connectivity index (χ1) is 8.04. The number of nitrogens with two attached hydrogens (primary N) is 1. The number of hydrogen-bond acceptors (Lipinski definition) is 3. The van der Waals surface area contributed by atoms with E-state index in [1.165, 1.54) is 0 Å². The zero-order valence-corrected chi connectivity index (χ0v) is 10.0. The Morgan fingerprint density at radius 3 is 2.65 bits per heavy atom. The number of carbonyl (C=O) groups is 2. The normalized spacial score (nSPS) is 9.76. The van der Waals surface area contributed by atoms with Crippen LogP contribution in [0.4, 0.5) is 5.69 Å². The Kier molecular flexibility index (Phi) is 4.51. The third kappa shape index (κ3) is 3.79. The quantitative estimate of drug-likeness (QED) is 0.700. The number of hydrogen-bond donors (Lipinski definition) is 3. The summed E-state index contributed by atoms with van der Waals surface area (Å²) in [5, 5.41) is 5.61. The van der Waals surface area contributed by atoms with Crippen molar-refractivity contribution >= 4 is 17.5 Å². The van der Waals surface area contributed by atoms with Crippen molar-refractivity contribution in [2.45, 2.75) is 13.3 Å².